The molecule has 7 nitrogen and oxygen atoms in total. The number of hydrogen-bond donors (Lipinski definition) is 2. The highest BCUT2D eigenvalue weighted by Crippen LogP contribution is 2.31. The highest BCUT2D eigenvalue weighted by molar-refractivity contribution is 6.03. The maximum absolute atomic E-state index is 12.8. The van der Waals surface area contributed by atoms with Crippen LogP contribution in [0.3, 0.4) is 0 Å². The number of nitrogens with two attached hydrogens (primary N) is 1. The molecule has 3 rings (SSSR count). The van der Waals surface area contributed by atoms with Crippen molar-refractivity contribution in [3.63, 3.8) is 0 Å². The van der Waals surface area contributed by atoms with Crippen molar-refractivity contribution in [1.29, 1.82) is 0 Å². The van der Waals surface area contributed by atoms with Crippen molar-refractivity contribution in [3.05, 3.63) is 61.8 Å². The predicted molar refractivity (Wildman–Crippen MR) is 95.8 cm³/mol. The number of hydrogen-bond acceptors (Lipinski definition) is 5. The van der Waals surface area contributed by atoms with Crippen LogP contribution >= 0.6 is 0 Å². The Labute approximate surface area is 145 Å². The first-order valence-electron chi connectivity index (χ1n) is 8.26. The Morgan fingerprint density at radius 1 is 1.24 bits per heavy atom. The van der Waals surface area contributed by atoms with E-state index in [1.165, 1.54) is 25.2 Å². The van der Waals surface area contributed by atoms with Gasteiger partial charge < -0.3 is 11.1 Å². The molecule has 1 aromatic carbocycles. The van der Waals surface area contributed by atoms with E-state index in [9.17, 15) is 14.4 Å². The molecule has 0 bridgehead atoms. The lowest BCUT2D eigenvalue weighted by molar-refractivity contribution is 0.0942. The van der Waals surface area contributed by atoms with Crippen molar-refractivity contribution in [2.45, 2.75) is 31.8 Å². The van der Waals surface area contributed by atoms with E-state index in [0.717, 1.165) is 22.0 Å². The van der Waals surface area contributed by atoms with Crippen molar-refractivity contribution in [2.75, 3.05) is 5.73 Å². The number of aryl methyl sites for hydroxylation is 1. The van der Waals surface area contributed by atoms with E-state index in [2.05, 4.69) is 17.4 Å². The van der Waals surface area contributed by atoms with E-state index in [1.807, 2.05) is 12.1 Å². The summed E-state index contributed by atoms with van der Waals surface area (Å²) in [6.07, 6.45) is 1.86. The Morgan fingerprint density at radius 2 is 1.92 bits per heavy atom. The molecule has 0 radical (unpaired) electrons. The number of aromatic nitrogens is 2. The van der Waals surface area contributed by atoms with Gasteiger partial charge in [-0.2, -0.15) is 0 Å². The fourth-order valence-corrected chi connectivity index (χ4v) is 3.42. The van der Waals surface area contributed by atoms with Gasteiger partial charge in [-0.25, -0.2) is 4.79 Å². The number of nitrogens with zero attached hydrogens (tertiary/aromatic N) is 2. The molecule has 2 aromatic rings. The SMILES string of the molecule is C[C@@H](N[C@@H]1CCc2ccccc21)C(=O)c1c(N)n(C)c(=O)n(C)c1=O. The van der Waals surface area contributed by atoms with Crippen LogP contribution in [0, 0.1) is 0 Å². The van der Waals surface area contributed by atoms with Gasteiger partial charge in [-0.1, -0.05) is 24.3 Å². The van der Waals surface area contributed by atoms with Crippen molar-refractivity contribution in [3.8, 4) is 0 Å². The van der Waals surface area contributed by atoms with Gasteiger partial charge in [0.25, 0.3) is 5.56 Å². The van der Waals surface area contributed by atoms with Crippen LogP contribution in [0.15, 0.2) is 33.9 Å². The minimum atomic E-state index is -0.661. The maximum atomic E-state index is 12.8. The van der Waals surface area contributed by atoms with Gasteiger partial charge in [0.15, 0.2) is 5.78 Å². The van der Waals surface area contributed by atoms with Crippen molar-refractivity contribution < 1.29 is 4.79 Å². The Morgan fingerprint density at radius 3 is 2.64 bits per heavy atom. The van der Waals surface area contributed by atoms with E-state index in [1.54, 1.807) is 6.92 Å². The minimum Gasteiger partial charge on any atom is -0.384 e. The lowest BCUT2D eigenvalue weighted by Gasteiger charge is -2.20. The zero-order valence-corrected chi connectivity index (χ0v) is 14.6. The topological polar surface area (TPSA) is 99.1 Å². The number of nitrogen functional groups attached to an aromatic ring is 1. The van der Waals surface area contributed by atoms with Gasteiger partial charge in [-0.3, -0.25) is 18.7 Å². The van der Waals surface area contributed by atoms with Crippen LogP contribution in [0.2, 0.25) is 0 Å². The largest absolute Gasteiger partial charge is 0.384 e. The van der Waals surface area contributed by atoms with Crippen LogP contribution in [-0.4, -0.2) is 21.0 Å². The van der Waals surface area contributed by atoms with Gasteiger partial charge in [-0.15, -0.1) is 0 Å². The van der Waals surface area contributed by atoms with Gasteiger partial charge in [0, 0.05) is 20.1 Å². The molecule has 1 aliphatic rings. The molecule has 7 heteroatoms. The number of nitrogens with one attached hydrogen (secondary N) is 1. The summed E-state index contributed by atoms with van der Waals surface area (Å²) in [4.78, 5) is 37.1. The van der Waals surface area contributed by atoms with E-state index >= 15 is 0 Å². The molecule has 0 spiro atoms. The van der Waals surface area contributed by atoms with Gasteiger partial charge in [-0.05, 0) is 30.9 Å². The molecule has 0 aliphatic heterocycles. The monoisotopic (exact) mass is 342 g/mol. The van der Waals surface area contributed by atoms with Gasteiger partial charge in [0.2, 0.25) is 0 Å². The molecule has 0 amide bonds. The molecule has 1 aliphatic carbocycles. The van der Waals surface area contributed by atoms with Crippen LogP contribution in [0.5, 0.6) is 0 Å². The van der Waals surface area contributed by atoms with Crippen LogP contribution in [0.4, 0.5) is 5.82 Å². The summed E-state index contributed by atoms with van der Waals surface area (Å²) < 4.78 is 2.02. The molecule has 1 heterocycles. The molecule has 25 heavy (non-hydrogen) atoms. The Bertz CT molecular complexity index is 958. The number of rotatable bonds is 4. The van der Waals surface area contributed by atoms with Gasteiger partial charge >= 0.3 is 5.69 Å². The van der Waals surface area contributed by atoms with Gasteiger partial charge in [0.05, 0.1) is 6.04 Å². The second-order valence-electron chi connectivity index (χ2n) is 6.51. The van der Waals surface area contributed by atoms with Crippen LogP contribution in [-0.2, 0) is 20.5 Å². The molecular formula is C18H22N4O3. The van der Waals surface area contributed by atoms with Crippen molar-refractivity contribution in [1.82, 2.24) is 14.5 Å². The fraction of sp³-hybridized carbons (Fsp3) is 0.389. The standard InChI is InChI=1S/C18H22N4O3/c1-10(20-13-9-8-11-6-4-5-7-12(11)13)15(23)14-16(19)21(2)18(25)22(3)17(14)24/h4-7,10,13,20H,8-9,19H2,1-3H3/t10-,13-/m1/s1. The first kappa shape index (κ1) is 17.2. The predicted octanol–water partition coefficient (Wildman–Crippen LogP) is 0.515. The summed E-state index contributed by atoms with van der Waals surface area (Å²) in [5.41, 5.74) is 6.98. The molecule has 2 atom stereocenters. The molecule has 0 saturated heterocycles. The lowest BCUT2D eigenvalue weighted by atomic mass is 10.0. The minimum absolute atomic E-state index is 0.0627. The summed E-state index contributed by atoms with van der Waals surface area (Å²) in [5, 5.41) is 3.30. The summed E-state index contributed by atoms with van der Waals surface area (Å²) >= 11 is 0. The number of carbonyl (C=O) groups excluding carboxylic acids is 1. The fourth-order valence-electron chi connectivity index (χ4n) is 3.42. The number of fused-ring (bicyclic) bond motifs is 1. The highest BCUT2D eigenvalue weighted by atomic mass is 16.2. The smallest absolute Gasteiger partial charge is 0.332 e. The van der Waals surface area contributed by atoms with Gasteiger partial charge in [0.1, 0.15) is 11.4 Å². The zero-order chi connectivity index (χ0) is 18.3. The number of Topliss-reactive ketones (excluding diaryl/α,β-unsaturated/α-hetero) is 1. The van der Waals surface area contributed by atoms with Crippen LogP contribution in [0.1, 0.15) is 40.9 Å². The first-order valence-corrected chi connectivity index (χ1v) is 8.26. The summed E-state index contributed by atoms with van der Waals surface area (Å²) in [6, 6.07) is 7.59. The number of ketones is 1. The zero-order valence-electron chi connectivity index (χ0n) is 14.6. The molecule has 1 aromatic heterocycles. The summed E-state index contributed by atoms with van der Waals surface area (Å²) in [7, 11) is 2.78. The number of carbonyl (C=O) groups is 1. The summed E-state index contributed by atoms with van der Waals surface area (Å²) in [5.74, 6) is -0.503. The lowest BCUT2D eigenvalue weighted by Crippen LogP contribution is -2.45. The highest BCUT2D eigenvalue weighted by Gasteiger charge is 2.29. The Kier molecular flexibility index (Phi) is 4.34. The number of anilines is 1. The van der Waals surface area contributed by atoms with E-state index in [-0.39, 0.29) is 17.4 Å². The third kappa shape index (κ3) is 2.80. The van der Waals surface area contributed by atoms with Crippen molar-refractivity contribution >= 4 is 11.6 Å². The maximum Gasteiger partial charge on any atom is 0.332 e. The van der Waals surface area contributed by atoms with E-state index in [4.69, 9.17) is 5.73 Å². The molecule has 0 unspecified atom stereocenters. The molecule has 0 saturated carbocycles. The molecule has 132 valence electrons. The third-order valence-electron chi connectivity index (χ3n) is 4.93. The average molecular weight is 342 g/mol. The normalized spacial score (nSPS) is 17.3. The van der Waals surface area contributed by atoms with Crippen LogP contribution in [0.25, 0.3) is 0 Å². The Balaban J connectivity index is 1.90. The third-order valence-corrected chi connectivity index (χ3v) is 4.93. The second kappa shape index (κ2) is 6.33. The van der Waals surface area contributed by atoms with E-state index in [0.29, 0.717) is 0 Å². The second-order valence-corrected chi connectivity index (χ2v) is 6.51. The first-order chi connectivity index (χ1) is 11.8. The molecular weight excluding hydrogens is 320 g/mol. The van der Waals surface area contributed by atoms with Crippen molar-refractivity contribution in [2.24, 2.45) is 14.1 Å². The van der Waals surface area contributed by atoms with E-state index < -0.39 is 23.1 Å². The molecule has 0 fully saturated rings. The number of benzene rings is 1. The Hall–Kier alpha value is -2.67. The molecule has 3 N–H and O–H groups in total. The quantitative estimate of drug-likeness (QED) is 0.789. The van der Waals surface area contributed by atoms with Crippen LogP contribution < -0.4 is 22.3 Å². The summed E-state index contributed by atoms with van der Waals surface area (Å²) in [6.45, 7) is 1.72. The average Bonchev–Trinajstić information content (AvgIpc) is 3.01.